The molecule has 0 aliphatic heterocycles. The van der Waals surface area contributed by atoms with Crippen LogP contribution in [-0.2, 0) is 4.79 Å². The third kappa shape index (κ3) is 3.40. The number of nitrogens with one attached hydrogen (secondary N) is 1. The predicted octanol–water partition coefficient (Wildman–Crippen LogP) is 5.59. The molecular weight excluding hydrogens is 400 g/mol. The van der Waals surface area contributed by atoms with Crippen LogP contribution in [0.25, 0.3) is 27.4 Å². The highest BCUT2D eigenvalue weighted by molar-refractivity contribution is 6.47. The van der Waals surface area contributed by atoms with Crippen molar-refractivity contribution in [3.63, 3.8) is 0 Å². The minimum absolute atomic E-state index is 0.323. The Morgan fingerprint density at radius 2 is 1.59 bits per heavy atom. The zero-order valence-corrected chi connectivity index (χ0v) is 17.4. The molecule has 5 aromatic rings. The number of hydrogen-bond donors (Lipinski definition) is 1. The minimum atomic E-state index is -0.681. The number of carbonyl (C=O) groups is 2. The van der Waals surface area contributed by atoms with E-state index in [0.29, 0.717) is 16.9 Å². The molecule has 1 N–H and O–H groups in total. The summed E-state index contributed by atoms with van der Waals surface area (Å²) in [6.45, 7) is 0. The molecule has 0 aliphatic rings. The van der Waals surface area contributed by atoms with Crippen molar-refractivity contribution in [2.45, 2.75) is 0 Å². The average Bonchev–Trinajstić information content (AvgIpc) is 3.23. The van der Waals surface area contributed by atoms with E-state index in [-0.39, 0.29) is 0 Å². The molecule has 1 amide bonds. The number of benzene rings is 3. The van der Waals surface area contributed by atoms with Crippen LogP contribution in [0.5, 0.6) is 5.75 Å². The first-order valence-electron chi connectivity index (χ1n) is 10.2. The summed E-state index contributed by atoms with van der Waals surface area (Å²) in [5.74, 6) is -0.561. The van der Waals surface area contributed by atoms with Crippen LogP contribution in [0.15, 0.2) is 97.2 Å². The minimum Gasteiger partial charge on any atom is -0.497 e. The Balaban J connectivity index is 1.57. The van der Waals surface area contributed by atoms with E-state index in [1.807, 2.05) is 84.9 Å². The van der Waals surface area contributed by atoms with Gasteiger partial charge in [-0.05, 0) is 47.3 Å². The van der Waals surface area contributed by atoms with Crippen LogP contribution in [0, 0.1) is 0 Å². The summed E-state index contributed by atoms with van der Waals surface area (Å²) in [5, 5.41) is 4.68. The highest BCUT2D eigenvalue weighted by Crippen LogP contribution is 2.30. The summed E-state index contributed by atoms with van der Waals surface area (Å²) in [7, 11) is 1.61. The van der Waals surface area contributed by atoms with Crippen LogP contribution in [0.1, 0.15) is 10.5 Å². The molecule has 0 fully saturated rings. The van der Waals surface area contributed by atoms with Gasteiger partial charge in [0.05, 0.1) is 7.11 Å². The van der Waals surface area contributed by atoms with Crippen LogP contribution >= 0.6 is 0 Å². The first-order valence-corrected chi connectivity index (χ1v) is 10.2. The van der Waals surface area contributed by atoms with Gasteiger partial charge in [-0.3, -0.25) is 9.59 Å². The van der Waals surface area contributed by atoms with Crippen molar-refractivity contribution >= 4 is 33.7 Å². The van der Waals surface area contributed by atoms with E-state index in [9.17, 15) is 9.59 Å². The van der Waals surface area contributed by atoms with Gasteiger partial charge in [-0.25, -0.2) is 0 Å². The first kappa shape index (κ1) is 19.6. The molecule has 3 aromatic carbocycles. The van der Waals surface area contributed by atoms with Crippen molar-refractivity contribution in [2.24, 2.45) is 0 Å². The fraction of sp³-hybridized carbons (Fsp3) is 0.0370. The van der Waals surface area contributed by atoms with E-state index >= 15 is 0 Å². The number of ether oxygens (including phenoxy) is 1. The number of hydrogen-bond acceptors (Lipinski definition) is 3. The number of aromatic nitrogens is 1. The lowest BCUT2D eigenvalue weighted by Crippen LogP contribution is -2.24. The second-order valence-electron chi connectivity index (χ2n) is 7.44. The second kappa shape index (κ2) is 8.04. The van der Waals surface area contributed by atoms with Crippen LogP contribution in [0.4, 0.5) is 5.69 Å². The number of fused-ring (bicyclic) bond motifs is 2. The smallest absolute Gasteiger partial charge is 0.298 e. The molecule has 2 aromatic heterocycles. The van der Waals surface area contributed by atoms with Gasteiger partial charge >= 0.3 is 0 Å². The normalized spacial score (nSPS) is 10.9. The zero-order chi connectivity index (χ0) is 22.1. The predicted molar refractivity (Wildman–Crippen MR) is 126 cm³/mol. The molecule has 156 valence electrons. The third-order valence-corrected chi connectivity index (χ3v) is 5.54. The van der Waals surface area contributed by atoms with Crippen LogP contribution < -0.4 is 10.1 Å². The van der Waals surface area contributed by atoms with Crippen LogP contribution in [-0.4, -0.2) is 23.2 Å². The fourth-order valence-electron chi connectivity index (χ4n) is 3.97. The SMILES string of the molecule is COc1ccc(-c2cc3ccccn3c2C(=O)C(=O)Nc2cccc3ccccc23)cc1. The number of ketones is 1. The highest BCUT2D eigenvalue weighted by Gasteiger charge is 2.25. The van der Waals surface area contributed by atoms with Gasteiger partial charge in [-0.1, -0.05) is 54.6 Å². The van der Waals surface area contributed by atoms with Crippen molar-refractivity contribution in [1.82, 2.24) is 4.40 Å². The Morgan fingerprint density at radius 3 is 2.41 bits per heavy atom. The van der Waals surface area contributed by atoms with E-state index in [4.69, 9.17) is 4.74 Å². The van der Waals surface area contributed by atoms with Gasteiger partial charge in [0, 0.05) is 28.4 Å². The quantitative estimate of drug-likeness (QED) is 0.298. The largest absolute Gasteiger partial charge is 0.497 e. The van der Waals surface area contributed by atoms with Gasteiger partial charge in [0.1, 0.15) is 11.4 Å². The van der Waals surface area contributed by atoms with E-state index < -0.39 is 11.7 Å². The number of rotatable bonds is 5. The van der Waals surface area contributed by atoms with Crippen molar-refractivity contribution < 1.29 is 14.3 Å². The Morgan fingerprint density at radius 1 is 0.844 bits per heavy atom. The number of carbonyl (C=O) groups excluding carboxylic acids is 2. The summed E-state index contributed by atoms with van der Waals surface area (Å²) < 4.78 is 7.00. The summed E-state index contributed by atoms with van der Waals surface area (Å²) in [5.41, 5.74) is 3.28. The molecule has 5 heteroatoms. The maximum Gasteiger partial charge on any atom is 0.298 e. The molecule has 5 rings (SSSR count). The molecule has 0 radical (unpaired) electrons. The standard InChI is InChI=1S/C27H20N2O3/c1-32-21-14-12-19(13-15-21)23-17-20-9-4-5-16-29(20)25(23)26(30)27(31)28-24-11-6-8-18-7-2-3-10-22(18)24/h2-17H,1H3,(H,28,31). The monoisotopic (exact) mass is 420 g/mol. The summed E-state index contributed by atoms with van der Waals surface area (Å²) >= 11 is 0. The van der Waals surface area contributed by atoms with Crippen molar-refractivity contribution in [2.75, 3.05) is 12.4 Å². The lowest BCUT2D eigenvalue weighted by Gasteiger charge is -2.10. The van der Waals surface area contributed by atoms with E-state index in [0.717, 1.165) is 27.6 Å². The van der Waals surface area contributed by atoms with Crippen LogP contribution in [0.3, 0.4) is 0 Å². The molecule has 0 atom stereocenters. The van der Waals surface area contributed by atoms with Crippen molar-refractivity contribution in [3.05, 3.63) is 103 Å². The number of amides is 1. The number of pyridine rings is 1. The Bertz CT molecular complexity index is 1460. The maximum atomic E-state index is 13.4. The molecule has 0 aliphatic carbocycles. The number of methoxy groups -OCH3 is 1. The van der Waals surface area contributed by atoms with Gasteiger partial charge in [-0.2, -0.15) is 0 Å². The van der Waals surface area contributed by atoms with Gasteiger partial charge in [-0.15, -0.1) is 0 Å². The molecule has 32 heavy (non-hydrogen) atoms. The number of Topliss-reactive ketones (excluding diaryl/α,β-unsaturated/α-hetero) is 1. The fourth-order valence-corrected chi connectivity index (χ4v) is 3.97. The molecule has 0 spiro atoms. The average molecular weight is 420 g/mol. The second-order valence-corrected chi connectivity index (χ2v) is 7.44. The van der Waals surface area contributed by atoms with E-state index in [1.165, 1.54) is 0 Å². The topological polar surface area (TPSA) is 59.8 Å². The molecule has 5 nitrogen and oxygen atoms in total. The molecule has 0 saturated carbocycles. The summed E-state index contributed by atoms with van der Waals surface area (Å²) in [4.78, 5) is 26.5. The summed E-state index contributed by atoms with van der Waals surface area (Å²) in [6.07, 6.45) is 1.79. The zero-order valence-electron chi connectivity index (χ0n) is 17.4. The summed E-state index contributed by atoms with van der Waals surface area (Å²) in [6, 6.07) is 28.4. The Labute approximate surface area is 184 Å². The number of nitrogens with zero attached hydrogens (tertiary/aromatic N) is 1. The van der Waals surface area contributed by atoms with E-state index in [1.54, 1.807) is 23.8 Å². The van der Waals surface area contributed by atoms with Gasteiger partial charge < -0.3 is 14.5 Å². The Kier molecular flexibility index (Phi) is 4.92. The first-order chi connectivity index (χ1) is 15.7. The highest BCUT2D eigenvalue weighted by atomic mass is 16.5. The van der Waals surface area contributed by atoms with E-state index in [2.05, 4.69) is 5.32 Å². The molecule has 0 unspecified atom stereocenters. The molecule has 0 bridgehead atoms. The third-order valence-electron chi connectivity index (χ3n) is 5.54. The lowest BCUT2D eigenvalue weighted by atomic mass is 10.0. The number of anilines is 1. The van der Waals surface area contributed by atoms with Crippen molar-refractivity contribution in [3.8, 4) is 16.9 Å². The van der Waals surface area contributed by atoms with Gasteiger partial charge in [0.25, 0.3) is 11.7 Å². The van der Waals surface area contributed by atoms with Gasteiger partial charge in [0.2, 0.25) is 0 Å². The Hall–Kier alpha value is -4.38. The maximum absolute atomic E-state index is 13.4. The molecule has 0 saturated heterocycles. The lowest BCUT2D eigenvalue weighted by molar-refractivity contribution is -0.112. The van der Waals surface area contributed by atoms with Crippen LogP contribution in [0.2, 0.25) is 0 Å². The van der Waals surface area contributed by atoms with Gasteiger partial charge in [0.15, 0.2) is 0 Å². The molecule has 2 heterocycles. The van der Waals surface area contributed by atoms with Crippen molar-refractivity contribution in [1.29, 1.82) is 0 Å². The molecular formula is C27H20N2O3.